The van der Waals surface area contributed by atoms with Gasteiger partial charge in [0.15, 0.2) is 23.2 Å². The third-order valence-corrected chi connectivity index (χ3v) is 6.39. The predicted octanol–water partition coefficient (Wildman–Crippen LogP) is 9.49. The number of ether oxygens (including phenoxy) is 1. The fraction of sp³-hybridized carbons (Fsp3) is 0.188. The zero-order valence-corrected chi connectivity index (χ0v) is 20.8. The molecule has 0 amide bonds. The van der Waals surface area contributed by atoms with Crippen LogP contribution in [0.3, 0.4) is 0 Å². The molecule has 0 aromatic heterocycles. The third-order valence-electron chi connectivity index (χ3n) is 6.39. The van der Waals surface area contributed by atoms with Crippen LogP contribution in [0, 0.1) is 23.3 Å². The number of unbranched alkanes of at least 4 members (excludes halogenated alkanes) is 2. The van der Waals surface area contributed by atoms with Crippen molar-refractivity contribution in [1.29, 1.82) is 0 Å². The summed E-state index contributed by atoms with van der Waals surface area (Å²) in [6.45, 7) is 2.16. The van der Waals surface area contributed by atoms with Crippen LogP contribution in [0.1, 0.15) is 42.9 Å². The Kier molecular flexibility index (Phi) is 8.44. The van der Waals surface area contributed by atoms with E-state index in [-0.39, 0.29) is 22.4 Å². The molecule has 0 saturated carbocycles. The van der Waals surface area contributed by atoms with Crippen molar-refractivity contribution in [2.24, 2.45) is 0 Å². The molecule has 0 aliphatic heterocycles. The molecule has 4 aromatic carbocycles. The fourth-order valence-corrected chi connectivity index (χ4v) is 4.22. The summed E-state index contributed by atoms with van der Waals surface area (Å²) in [5, 5.41) is 0. The normalized spacial score (nSPS) is 11.3. The number of hydrogen-bond acceptors (Lipinski definition) is 1. The SMILES string of the molecule is CCCCCc1ccc(-c2ccc(-c3ccc(C=Cc4ccc(OC)c(F)c4F)cc3)c(F)c2F)cc1. The highest BCUT2D eigenvalue weighted by Gasteiger charge is 2.16. The van der Waals surface area contributed by atoms with Crippen molar-refractivity contribution >= 4 is 12.2 Å². The second-order valence-electron chi connectivity index (χ2n) is 8.88. The zero-order chi connectivity index (χ0) is 26.4. The van der Waals surface area contributed by atoms with E-state index in [4.69, 9.17) is 4.74 Å². The van der Waals surface area contributed by atoms with E-state index in [1.807, 2.05) is 24.3 Å². The Morgan fingerprint density at radius 2 is 1.22 bits per heavy atom. The molecule has 5 heteroatoms. The van der Waals surface area contributed by atoms with Crippen molar-refractivity contribution in [3.8, 4) is 28.0 Å². The van der Waals surface area contributed by atoms with E-state index >= 15 is 8.78 Å². The molecule has 0 aliphatic rings. The zero-order valence-electron chi connectivity index (χ0n) is 20.8. The molecule has 4 rings (SSSR count). The molecular weight excluding hydrogens is 476 g/mol. The molecule has 0 N–H and O–H groups in total. The van der Waals surface area contributed by atoms with Crippen molar-refractivity contribution in [2.45, 2.75) is 32.6 Å². The Hall–Kier alpha value is -3.86. The Morgan fingerprint density at radius 1 is 0.622 bits per heavy atom. The first-order chi connectivity index (χ1) is 17.9. The van der Waals surface area contributed by atoms with Gasteiger partial charge in [-0.15, -0.1) is 0 Å². The lowest BCUT2D eigenvalue weighted by Gasteiger charge is -2.10. The minimum absolute atomic E-state index is 0.0695. The quantitative estimate of drug-likeness (QED) is 0.125. The van der Waals surface area contributed by atoms with Crippen LogP contribution in [0.5, 0.6) is 5.75 Å². The van der Waals surface area contributed by atoms with Crippen LogP contribution in [-0.4, -0.2) is 7.11 Å². The molecule has 0 atom stereocenters. The van der Waals surface area contributed by atoms with Gasteiger partial charge in [0.2, 0.25) is 5.82 Å². The topological polar surface area (TPSA) is 9.23 Å². The molecule has 0 spiro atoms. The van der Waals surface area contributed by atoms with Gasteiger partial charge in [0.25, 0.3) is 0 Å². The molecule has 4 aromatic rings. The van der Waals surface area contributed by atoms with E-state index in [2.05, 4.69) is 6.92 Å². The van der Waals surface area contributed by atoms with Gasteiger partial charge in [0.05, 0.1) is 7.11 Å². The Morgan fingerprint density at radius 3 is 1.78 bits per heavy atom. The van der Waals surface area contributed by atoms with Crippen molar-refractivity contribution in [1.82, 2.24) is 0 Å². The average molecular weight is 505 g/mol. The van der Waals surface area contributed by atoms with Gasteiger partial charge in [-0.05, 0) is 47.2 Å². The molecule has 190 valence electrons. The van der Waals surface area contributed by atoms with Crippen LogP contribution in [0.4, 0.5) is 17.6 Å². The minimum Gasteiger partial charge on any atom is -0.494 e. The van der Waals surface area contributed by atoms with Gasteiger partial charge in [-0.3, -0.25) is 0 Å². The van der Waals surface area contributed by atoms with E-state index in [1.54, 1.807) is 42.5 Å². The van der Waals surface area contributed by atoms with Gasteiger partial charge in [-0.2, -0.15) is 4.39 Å². The summed E-state index contributed by atoms with van der Waals surface area (Å²) in [5.41, 5.74) is 3.45. The summed E-state index contributed by atoms with van der Waals surface area (Å²) >= 11 is 0. The maximum Gasteiger partial charge on any atom is 0.201 e. The first-order valence-electron chi connectivity index (χ1n) is 12.3. The van der Waals surface area contributed by atoms with E-state index < -0.39 is 23.3 Å². The van der Waals surface area contributed by atoms with Gasteiger partial charge < -0.3 is 4.74 Å². The third kappa shape index (κ3) is 5.93. The lowest BCUT2D eigenvalue weighted by atomic mass is 9.97. The van der Waals surface area contributed by atoms with Crippen molar-refractivity contribution in [3.63, 3.8) is 0 Å². The van der Waals surface area contributed by atoms with Crippen LogP contribution in [0.2, 0.25) is 0 Å². The van der Waals surface area contributed by atoms with Gasteiger partial charge in [0, 0.05) is 16.7 Å². The van der Waals surface area contributed by atoms with Crippen LogP contribution in [0.25, 0.3) is 34.4 Å². The van der Waals surface area contributed by atoms with Gasteiger partial charge in [-0.1, -0.05) is 92.6 Å². The standard InChI is InChI=1S/C32H28F4O/c1-3-4-5-6-21-7-12-23(13-8-21)26-18-19-27(31(35)30(26)34)24-14-9-22(10-15-24)11-16-25-17-20-28(37-2)32(36)29(25)33/h7-20H,3-6H2,1-2H3. The molecule has 0 saturated heterocycles. The van der Waals surface area contributed by atoms with Crippen LogP contribution in [-0.2, 0) is 6.42 Å². The Labute approximate surface area is 215 Å². The number of aryl methyl sites for hydroxylation is 1. The van der Waals surface area contributed by atoms with Gasteiger partial charge in [0.1, 0.15) is 0 Å². The smallest absolute Gasteiger partial charge is 0.201 e. The maximum absolute atomic E-state index is 15.1. The van der Waals surface area contributed by atoms with Gasteiger partial charge >= 0.3 is 0 Å². The number of hydrogen-bond donors (Lipinski definition) is 0. The van der Waals surface area contributed by atoms with E-state index in [0.717, 1.165) is 19.3 Å². The molecule has 0 fully saturated rings. The number of methoxy groups -OCH3 is 1. The summed E-state index contributed by atoms with van der Waals surface area (Å²) < 4.78 is 62.9. The molecule has 0 bridgehead atoms. The van der Waals surface area contributed by atoms with Crippen molar-refractivity contribution < 1.29 is 22.3 Å². The summed E-state index contributed by atoms with van der Waals surface area (Å²) in [6.07, 6.45) is 7.46. The molecule has 1 nitrogen and oxygen atoms in total. The molecule has 0 heterocycles. The second kappa shape index (κ2) is 11.9. The van der Waals surface area contributed by atoms with Crippen LogP contribution < -0.4 is 4.74 Å². The van der Waals surface area contributed by atoms with E-state index in [1.165, 1.54) is 37.3 Å². The fourth-order valence-electron chi connectivity index (χ4n) is 4.22. The molecule has 0 aliphatic carbocycles. The van der Waals surface area contributed by atoms with Crippen LogP contribution in [0.15, 0.2) is 72.8 Å². The molecular formula is C32H28F4O. The highest BCUT2D eigenvalue weighted by atomic mass is 19.2. The lowest BCUT2D eigenvalue weighted by Crippen LogP contribution is -1.95. The largest absolute Gasteiger partial charge is 0.494 e. The maximum atomic E-state index is 15.1. The monoisotopic (exact) mass is 504 g/mol. The number of benzene rings is 4. The molecule has 0 radical (unpaired) electrons. The Bertz CT molecular complexity index is 1390. The lowest BCUT2D eigenvalue weighted by molar-refractivity contribution is 0.371. The first-order valence-corrected chi connectivity index (χ1v) is 12.3. The first kappa shape index (κ1) is 26.2. The average Bonchev–Trinajstić information content (AvgIpc) is 2.92. The predicted molar refractivity (Wildman–Crippen MR) is 142 cm³/mol. The highest BCUT2D eigenvalue weighted by molar-refractivity contribution is 5.75. The van der Waals surface area contributed by atoms with Crippen molar-refractivity contribution in [3.05, 3.63) is 113 Å². The molecule has 37 heavy (non-hydrogen) atoms. The number of halogens is 4. The van der Waals surface area contributed by atoms with Crippen molar-refractivity contribution in [2.75, 3.05) is 7.11 Å². The minimum atomic E-state index is -1.05. The van der Waals surface area contributed by atoms with E-state index in [0.29, 0.717) is 16.7 Å². The Balaban J connectivity index is 1.51. The summed E-state index contributed by atoms with van der Waals surface area (Å²) in [5.74, 6) is -4.03. The van der Waals surface area contributed by atoms with Crippen LogP contribution >= 0.6 is 0 Å². The second-order valence-corrected chi connectivity index (χ2v) is 8.88. The molecule has 0 unspecified atom stereocenters. The summed E-state index contributed by atoms with van der Waals surface area (Å²) in [4.78, 5) is 0. The van der Waals surface area contributed by atoms with Gasteiger partial charge in [-0.25, -0.2) is 13.2 Å². The highest BCUT2D eigenvalue weighted by Crippen LogP contribution is 2.32. The summed E-state index contributed by atoms with van der Waals surface area (Å²) in [6, 6.07) is 20.3. The number of rotatable bonds is 9. The van der Waals surface area contributed by atoms with E-state index in [9.17, 15) is 8.78 Å². The summed E-state index contributed by atoms with van der Waals surface area (Å²) in [7, 11) is 1.27.